The second-order valence-corrected chi connectivity index (χ2v) is 7.62. The molecule has 0 aliphatic carbocycles. The van der Waals surface area contributed by atoms with Gasteiger partial charge in [0.2, 0.25) is 0 Å². The van der Waals surface area contributed by atoms with Gasteiger partial charge in [0, 0.05) is 24.7 Å². The maximum absolute atomic E-state index is 12.5. The summed E-state index contributed by atoms with van der Waals surface area (Å²) in [5.41, 5.74) is 0. The Morgan fingerprint density at radius 1 is 1.43 bits per heavy atom. The normalized spacial score (nSPS) is 32.0. The van der Waals surface area contributed by atoms with E-state index in [1.54, 1.807) is 16.4 Å². The number of rotatable bonds is 3. The van der Waals surface area contributed by atoms with Gasteiger partial charge in [0.1, 0.15) is 5.01 Å². The summed E-state index contributed by atoms with van der Waals surface area (Å²) < 4.78 is 6.02. The van der Waals surface area contributed by atoms with E-state index in [1.165, 1.54) is 5.01 Å². The summed E-state index contributed by atoms with van der Waals surface area (Å²) in [7, 11) is 0. The lowest BCUT2D eigenvalue weighted by Gasteiger charge is -2.43. The summed E-state index contributed by atoms with van der Waals surface area (Å²) in [4.78, 5) is 24.7. The lowest BCUT2D eigenvalue weighted by Crippen LogP contribution is -2.50. The van der Waals surface area contributed by atoms with Crippen molar-refractivity contribution in [2.24, 2.45) is 11.8 Å². The average molecular weight is 337 g/mol. The van der Waals surface area contributed by atoms with Crippen LogP contribution in [-0.2, 0) is 20.9 Å². The molecule has 0 aromatic carbocycles. The molecule has 126 valence electrons. The molecule has 0 N–H and O–H groups in total. The first-order chi connectivity index (χ1) is 11.3. The fraction of sp³-hybridized carbons (Fsp3) is 0.750. The Morgan fingerprint density at radius 3 is 3.17 bits per heavy atom. The molecule has 0 unspecified atom stereocenters. The third-order valence-electron chi connectivity index (χ3n) is 5.04. The number of hydrogen-bond donors (Lipinski definition) is 0. The number of hydroxylamine groups is 2. The molecular weight excluding hydrogens is 314 g/mol. The van der Waals surface area contributed by atoms with Crippen LogP contribution in [0.1, 0.15) is 24.3 Å². The molecule has 1 aromatic heterocycles. The van der Waals surface area contributed by atoms with E-state index in [4.69, 9.17) is 9.57 Å². The van der Waals surface area contributed by atoms with Gasteiger partial charge in [-0.1, -0.05) is 0 Å². The molecule has 0 saturated carbocycles. The van der Waals surface area contributed by atoms with Crippen LogP contribution in [0.3, 0.4) is 0 Å². The Morgan fingerprint density at radius 2 is 2.39 bits per heavy atom. The minimum absolute atomic E-state index is 0.0471. The molecule has 3 saturated heterocycles. The molecule has 0 bridgehead atoms. The van der Waals surface area contributed by atoms with Gasteiger partial charge in [-0.05, 0) is 25.2 Å². The lowest BCUT2D eigenvalue weighted by molar-refractivity contribution is -0.183. The van der Waals surface area contributed by atoms with E-state index < -0.39 is 0 Å². The van der Waals surface area contributed by atoms with Crippen molar-refractivity contribution in [2.45, 2.75) is 31.9 Å². The highest BCUT2D eigenvalue weighted by atomic mass is 32.1. The second kappa shape index (κ2) is 6.84. The number of carbonyl (C=O) groups is 1. The van der Waals surface area contributed by atoms with Gasteiger partial charge in [0.15, 0.2) is 0 Å². The first-order valence-electron chi connectivity index (χ1n) is 8.46. The summed E-state index contributed by atoms with van der Waals surface area (Å²) in [5.74, 6) is 0.501. The minimum Gasteiger partial charge on any atom is -0.377 e. The van der Waals surface area contributed by atoms with Crippen LogP contribution >= 0.6 is 11.3 Å². The summed E-state index contributed by atoms with van der Waals surface area (Å²) in [6.45, 7) is 4.89. The molecular formula is C16H23N3O3S. The van der Waals surface area contributed by atoms with Crippen molar-refractivity contribution < 1.29 is 14.4 Å². The fourth-order valence-electron chi connectivity index (χ4n) is 3.87. The largest absolute Gasteiger partial charge is 0.377 e. The zero-order valence-corrected chi connectivity index (χ0v) is 14.0. The Kier molecular flexibility index (Phi) is 4.61. The molecule has 4 rings (SSSR count). The zero-order valence-electron chi connectivity index (χ0n) is 13.2. The Balaban J connectivity index is 1.35. The lowest BCUT2D eigenvalue weighted by atomic mass is 9.83. The zero-order chi connectivity index (χ0) is 15.6. The predicted molar refractivity (Wildman–Crippen MR) is 85.6 cm³/mol. The maximum atomic E-state index is 12.5. The highest BCUT2D eigenvalue weighted by molar-refractivity contribution is 7.09. The third kappa shape index (κ3) is 3.42. The number of amides is 1. The Hall–Kier alpha value is -1.02. The Bertz CT molecular complexity index is 533. The fourth-order valence-corrected chi connectivity index (χ4v) is 4.53. The number of ether oxygens (including phenoxy) is 1. The van der Waals surface area contributed by atoms with E-state index in [0.29, 0.717) is 25.2 Å². The molecule has 0 spiro atoms. The number of likely N-dealkylation sites (tertiary alicyclic amines) is 1. The van der Waals surface area contributed by atoms with Gasteiger partial charge in [0.25, 0.3) is 5.91 Å². The monoisotopic (exact) mass is 337 g/mol. The molecule has 3 aliphatic rings. The minimum atomic E-state index is -0.0471. The van der Waals surface area contributed by atoms with E-state index >= 15 is 0 Å². The highest BCUT2D eigenvalue weighted by Gasteiger charge is 2.40. The van der Waals surface area contributed by atoms with Crippen LogP contribution in [0.2, 0.25) is 0 Å². The molecule has 3 fully saturated rings. The van der Waals surface area contributed by atoms with Gasteiger partial charge in [-0.25, -0.2) is 10.0 Å². The smallest absolute Gasteiger partial charge is 0.251 e. The number of aromatic nitrogens is 1. The van der Waals surface area contributed by atoms with Gasteiger partial charge >= 0.3 is 0 Å². The summed E-state index contributed by atoms with van der Waals surface area (Å²) in [5, 5.41) is 4.74. The first-order valence-corrected chi connectivity index (χ1v) is 9.34. The molecule has 7 heteroatoms. The van der Waals surface area contributed by atoms with E-state index in [9.17, 15) is 4.79 Å². The quantitative estimate of drug-likeness (QED) is 0.837. The molecule has 1 amide bonds. The van der Waals surface area contributed by atoms with Crippen LogP contribution in [-0.4, -0.2) is 59.8 Å². The molecule has 23 heavy (non-hydrogen) atoms. The van der Waals surface area contributed by atoms with Crippen molar-refractivity contribution >= 4 is 17.2 Å². The Labute approximate surface area is 140 Å². The molecule has 4 heterocycles. The number of piperidine rings is 1. The van der Waals surface area contributed by atoms with Crippen LogP contribution in [0.5, 0.6) is 0 Å². The van der Waals surface area contributed by atoms with E-state index in [2.05, 4.69) is 9.88 Å². The van der Waals surface area contributed by atoms with Crippen LogP contribution in [0.25, 0.3) is 0 Å². The van der Waals surface area contributed by atoms with E-state index in [1.807, 2.05) is 11.6 Å². The average Bonchev–Trinajstić information content (AvgIpc) is 3.27. The third-order valence-corrected chi connectivity index (χ3v) is 5.80. The van der Waals surface area contributed by atoms with Crippen LogP contribution in [0, 0.1) is 11.8 Å². The predicted octanol–water partition coefficient (Wildman–Crippen LogP) is 1.53. The number of thiazole rings is 1. The summed E-state index contributed by atoms with van der Waals surface area (Å²) in [6, 6.07) is 0. The van der Waals surface area contributed by atoms with E-state index in [-0.39, 0.29) is 11.8 Å². The second-order valence-electron chi connectivity index (χ2n) is 6.64. The van der Waals surface area contributed by atoms with Crippen molar-refractivity contribution in [3.8, 4) is 0 Å². The van der Waals surface area contributed by atoms with Gasteiger partial charge in [-0.2, -0.15) is 0 Å². The number of fused-ring (bicyclic) bond motifs is 1. The maximum Gasteiger partial charge on any atom is 0.251 e. The highest BCUT2D eigenvalue weighted by Crippen LogP contribution is 2.33. The number of nitrogens with zero attached hydrogens (tertiary/aromatic N) is 3. The van der Waals surface area contributed by atoms with Crippen LogP contribution in [0.15, 0.2) is 11.6 Å². The first kappa shape index (κ1) is 15.5. The van der Waals surface area contributed by atoms with Crippen molar-refractivity contribution in [2.75, 3.05) is 32.8 Å². The molecule has 0 radical (unpaired) electrons. The van der Waals surface area contributed by atoms with Crippen molar-refractivity contribution in [3.05, 3.63) is 16.6 Å². The van der Waals surface area contributed by atoms with Gasteiger partial charge < -0.3 is 4.74 Å². The molecule has 3 atom stereocenters. The van der Waals surface area contributed by atoms with Crippen molar-refractivity contribution in [3.63, 3.8) is 0 Å². The van der Waals surface area contributed by atoms with Crippen molar-refractivity contribution in [1.29, 1.82) is 0 Å². The van der Waals surface area contributed by atoms with Crippen LogP contribution < -0.4 is 0 Å². The summed E-state index contributed by atoms with van der Waals surface area (Å²) in [6.07, 6.45) is 5.08. The standard InChI is InChI=1S/C16H23N3O3S/c20-16(19-4-1-6-22-19)13-8-12-9-18(5-2-14(12)21-11-13)10-15-17-3-7-23-15/h3,7,12-14H,1-2,4-6,8-11H2/t12-,13-,14+/m0/s1. The van der Waals surface area contributed by atoms with Gasteiger partial charge in [-0.3, -0.25) is 14.5 Å². The van der Waals surface area contributed by atoms with E-state index in [0.717, 1.165) is 45.4 Å². The van der Waals surface area contributed by atoms with Gasteiger partial charge in [0.05, 0.1) is 38.3 Å². The molecule has 1 aromatic rings. The molecule has 3 aliphatic heterocycles. The topological polar surface area (TPSA) is 54.9 Å². The molecule has 6 nitrogen and oxygen atoms in total. The van der Waals surface area contributed by atoms with Crippen molar-refractivity contribution in [1.82, 2.24) is 14.9 Å². The number of carbonyl (C=O) groups excluding carboxylic acids is 1. The SMILES string of the molecule is O=C([C@@H]1CO[C@@H]2CCN(Cc3nccs3)C[C@@H]2C1)N1CCCO1. The number of hydrogen-bond acceptors (Lipinski definition) is 6. The van der Waals surface area contributed by atoms with Gasteiger partial charge in [-0.15, -0.1) is 11.3 Å². The summed E-state index contributed by atoms with van der Waals surface area (Å²) >= 11 is 1.71. The van der Waals surface area contributed by atoms with Crippen LogP contribution in [0.4, 0.5) is 0 Å².